The van der Waals surface area contributed by atoms with E-state index in [1.807, 2.05) is 6.92 Å². The van der Waals surface area contributed by atoms with Crippen molar-refractivity contribution in [2.24, 2.45) is 34.0 Å². The molecule has 0 aromatic heterocycles. The Kier molecular flexibility index (Phi) is 4.04. The molecule has 0 aliphatic heterocycles. The Balaban J connectivity index is 1.70. The summed E-state index contributed by atoms with van der Waals surface area (Å²) >= 11 is 0. The lowest BCUT2D eigenvalue weighted by atomic mass is 9.45. The Morgan fingerprint density at radius 2 is 1.88 bits per heavy atom. The summed E-state index contributed by atoms with van der Waals surface area (Å²) in [5, 5.41) is 10.1. The van der Waals surface area contributed by atoms with Crippen LogP contribution in [-0.2, 0) is 4.79 Å². The molecule has 4 aliphatic rings. The lowest BCUT2D eigenvalue weighted by molar-refractivity contribution is -0.140. The first kappa shape index (κ1) is 17.8. The Morgan fingerprint density at radius 3 is 2.56 bits per heavy atom. The van der Waals surface area contributed by atoms with E-state index in [1.165, 1.54) is 25.7 Å². The van der Waals surface area contributed by atoms with Gasteiger partial charge >= 0.3 is 0 Å². The number of carbonyl (C=O) groups excluding carboxylic acids is 1. The summed E-state index contributed by atoms with van der Waals surface area (Å²) in [5.41, 5.74) is 1.97. The van der Waals surface area contributed by atoms with Crippen LogP contribution in [0.15, 0.2) is 11.6 Å². The Hall–Kier alpha value is -0.630. The van der Waals surface area contributed by atoms with Crippen LogP contribution in [0.5, 0.6) is 0 Å². The van der Waals surface area contributed by atoms with Crippen LogP contribution in [0.4, 0.5) is 0 Å². The Morgan fingerprint density at radius 1 is 1.16 bits per heavy atom. The number of fused-ring (bicyclic) bond motifs is 5. The molecule has 1 N–H and O–H groups in total. The number of hydrogen-bond donors (Lipinski definition) is 1. The summed E-state index contributed by atoms with van der Waals surface area (Å²) in [4.78, 5) is 12.7. The molecule has 4 aliphatic carbocycles. The summed E-state index contributed by atoms with van der Waals surface area (Å²) in [6.07, 6.45) is 12.4. The van der Waals surface area contributed by atoms with Crippen molar-refractivity contribution in [1.29, 1.82) is 0 Å². The summed E-state index contributed by atoms with van der Waals surface area (Å²) in [6, 6.07) is 0. The summed E-state index contributed by atoms with van der Waals surface area (Å²) in [5.74, 6) is 2.65. The van der Waals surface area contributed by atoms with E-state index in [9.17, 15) is 9.90 Å². The lowest BCUT2D eigenvalue weighted by Gasteiger charge is -2.59. The maximum Gasteiger partial charge on any atom is 0.136 e. The van der Waals surface area contributed by atoms with Crippen LogP contribution in [0.2, 0.25) is 0 Å². The average Bonchev–Trinajstić information content (AvgIpc) is 2.89. The van der Waals surface area contributed by atoms with Gasteiger partial charge in [0, 0.05) is 5.41 Å². The second-order valence-corrected chi connectivity index (χ2v) is 10.1. The molecule has 3 saturated carbocycles. The van der Waals surface area contributed by atoms with Crippen molar-refractivity contribution >= 4 is 5.78 Å². The fraction of sp³-hybridized carbons (Fsp3) is 0.870. The molecule has 0 aromatic rings. The fourth-order valence-corrected chi connectivity index (χ4v) is 8.18. The Bertz CT molecular complexity index is 607. The number of ketones is 1. The van der Waals surface area contributed by atoms with Crippen LogP contribution in [-0.4, -0.2) is 17.0 Å². The minimum absolute atomic E-state index is 0.0731. The van der Waals surface area contributed by atoms with Gasteiger partial charge in [-0.3, -0.25) is 4.79 Å². The zero-order chi connectivity index (χ0) is 18.0. The normalized spacial score (nSPS) is 52.0. The van der Waals surface area contributed by atoms with E-state index in [0.717, 1.165) is 43.9 Å². The number of aliphatic hydroxyl groups is 1. The third kappa shape index (κ3) is 2.16. The third-order valence-electron chi connectivity index (χ3n) is 9.72. The van der Waals surface area contributed by atoms with E-state index in [4.69, 9.17) is 0 Å². The molecule has 0 spiro atoms. The van der Waals surface area contributed by atoms with Crippen molar-refractivity contribution in [3.8, 4) is 0 Å². The molecular weight excluding hydrogens is 308 g/mol. The first-order valence-electron chi connectivity index (χ1n) is 10.7. The first-order chi connectivity index (χ1) is 11.8. The maximum atomic E-state index is 12.7. The number of aliphatic hydroxyl groups excluding tert-OH is 1. The molecule has 3 unspecified atom stereocenters. The predicted octanol–water partition coefficient (Wildman–Crippen LogP) is 5.30. The van der Waals surface area contributed by atoms with Gasteiger partial charge in [-0.15, -0.1) is 0 Å². The maximum absolute atomic E-state index is 12.7. The van der Waals surface area contributed by atoms with Crippen LogP contribution in [0, 0.1) is 34.0 Å². The van der Waals surface area contributed by atoms with E-state index < -0.39 is 0 Å². The van der Waals surface area contributed by atoms with Crippen molar-refractivity contribution in [2.75, 3.05) is 0 Å². The van der Waals surface area contributed by atoms with Gasteiger partial charge in [-0.1, -0.05) is 32.4 Å². The molecule has 0 amide bonds. The van der Waals surface area contributed by atoms with Gasteiger partial charge in [0.05, 0.1) is 6.10 Å². The average molecular weight is 345 g/mol. The van der Waals surface area contributed by atoms with E-state index in [-0.39, 0.29) is 16.9 Å². The van der Waals surface area contributed by atoms with Crippen LogP contribution >= 0.6 is 0 Å². The molecule has 4 rings (SSSR count). The number of allylic oxidation sites excluding steroid dienone is 1. The predicted molar refractivity (Wildman–Crippen MR) is 101 cm³/mol. The number of carbonyl (C=O) groups is 1. The summed E-state index contributed by atoms with van der Waals surface area (Å²) in [6.45, 7) is 9.03. The molecule has 3 fully saturated rings. The van der Waals surface area contributed by atoms with Gasteiger partial charge in [-0.2, -0.15) is 0 Å². The van der Waals surface area contributed by atoms with E-state index in [2.05, 4.69) is 26.8 Å². The van der Waals surface area contributed by atoms with Gasteiger partial charge in [0.1, 0.15) is 5.78 Å². The van der Waals surface area contributed by atoms with Gasteiger partial charge in [-0.05, 0) is 93.3 Å². The number of Topliss-reactive ketones (excluding diaryl/α,β-unsaturated/α-hetero) is 1. The molecule has 0 radical (unpaired) electrons. The topological polar surface area (TPSA) is 37.3 Å². The first-order valence-corrected chi connectivity index (χ1v) is 10.7. The zero-order valence-corrected chi connectivity index (χ0v) is 16.6. The number of rotatable bonds is 2. The van der Waals surface area contributed by atoms with Gasteiger partial charge in [0.15, 0.2) is 0 Å². The fourth-order valence-electron chi connectivity index (χ4n) is 8.18. The molecule has 2 nitrogen and oxygen atoms in total. The standard InChI is InChI=1S/C23H36O2/c1-5-23(15(2)24)13-10-20-18-7-6-16-14-17(25)8-11-21(16,3)19(18)9-12-22(20,23)4/h6,17-20,25H,5,7-14H2,1-4H3/t17-,18?,19?,20?,21-,22-,23+/m0/s1. The molecule has 0 aromatic carbocycles. The minimum atomic E-state index is -0.123. The van der Waals surface area contributed by atoms with Crippen molar-refractivity contribution in [2.45, 2.75) is 91.6 Å². The summed E-state index contributed by atoms with van der Waals surface area (Å²) < 4.78 is 0. The second-order valence-electron chi connectivity index (χ2n) is 10.1. The van der Waals surface area contributed by atoms with E-state index in [0.29, 0.717) is 17.1 Å². The van der Waals surface area contributed by atoms with Crippen LogP contribution < -0.4 is 0 Å². The van der Waals surface area contributed by atoms with Crippen LogP contribution in [0.3, 0.4) is 0 Å². The SMILES string of the molecule is CC[C@]1(C(C)=O)CCC2C3CC=C4C[C@@H](O)CC[C@]4(C)C3CC[C@@]21C. The minimum Gasteiger partial charge on any atom is -0.393 e. The smallest absolute Gasteiger partial charge is 0.136 e. The van der Waals surface area contributed by atoms with E-state index >= 15 is 0 Å². The van der Waals surface area contributed by atoms with Gasteiger partial charge in [0.25, 0.3) is 0 Å². The highest BCUT2D eigenvalue weighted by Gasteiger charge is 2.64. The van der Waals surface area contributed by atoms with Crippen molar-refractivity contribution in [3.05, 3.63) is 11.6 Å². The largest absolute Gasteiger partial charge is 0.393 e. The third-order valence-corrected chi connectivity index (χ3v) is 9.72. The molecule has 2 heteroatoms. The monoisotopic (exact) mass is 344 g/mol. The molecule has 7 atom stereocenters. The quantitative estimate of drug-likeness (QED) is 0.691. The molecule has 0 saturated heterocycles. The van der Waals surface area contributed by atoms with Gasteiger partial charge in [0.2, 0.25) is 0 Å². The molecule has 0 heterocycles. The van der Waals surface area contributed by atoms with E-state index in [1.54, 1.807) is 5.57 Å². The Labute approximate surface area is 153 Å². The van der Waals surface area contributed by atoms with Gasteiger partial charge < -0.3 is 5.11 Å². The van der Waals surface area contributed by atoms with Crippen LogP contribution in [0.1, 0.15) is 85.5 Å². The second kappa shape index (κ2) is 5.68. The lowest BCUT2D eigenvalue weighted by Crippen LogP contribution is -2.53. The van der Waals surface area contributed by atoms with Crippen molar-refractivity contribution in [1.82, 2.24) is 0 Å². The van der Waals surface area contributed by atoms with Crippen molar-refractivity contribution in [3.63, 3.8) is 0 Å². The molecule has 140 valence electrons. The highest BCUT2D eigenvalue weighted by Crippen LogP contribution is 2.70. The summed E-state index contributed by atoms with van der Waals surface area (Å²) in [7, 11) is 0. The molecular formula is C23H36O2. The molecule has 0 bridgehead atoms. The highest BCUT2D eigenvalue weighted by atomic mass is 16.3. The van der Waals surface area contributed by atoms with Gasteiger partial charge in [-0.25, -0.2) is 0 Å². The molecule has 25 heavy (non-hydrogen) atoms. The number of hydrogen-bond acceptors (Lipinski definition) is 2. The highest BCUT2D eigenvalue weighted by molar-refractivity contribution is 5.83. The van der Waals surface area contributed by atoms with Crippen molar-refractivity contribution < 1.29 is 9.90 Å². The van der Waals surface area contributed by atoms with Crippen LogP contribution in [0.25, 0.3) is 0 Å². The zero-order valence-electron chi connectivity index (χ0n) is 16.6.